The van der Waals surface area contributed by atoms with Crippen molar-refractivity contribution in [1.82, 2.24) is 0 Å². The van der Waals surface area contributed by atoms with Gasteiger partial charge in [-0.1, -0.05) is 0 Å². The SMILES string of the molecule is O=P(O)(O)F.[Ca+2].[H-].[H-].[H-].[H-].[Mg+2]. The van der Waals surface area contributed by atoms with E-state index in [0.717, 1.165) is 0 Å². The average molecular weight is 168 g/mol. The van der Waals surface area contributed by atoms with E-state index in [4.69, 9.17) is 14.4 Å². The summed E-state index contributed by atoms with van der Waals surface area (Å²) in [5, 5.41) is 0. The van der Waals surface area contributed by atoms with Crippen molar-refractivity contribution in [2.45, 2.75) is 0 Å². The third kappa shape index (κ3) is 68.1. The van der Waals surface area contributed by atoms with Crippen molar-refractivity contribution in [2.75, 3.05) is 0 Å². The van der Waals surface area contributed by atoms with Crippen LogP contribution in [0.5, 0.6) is 0 Å². The van der Waals surface area contributed by atoms with E-state index < -0.39 is 7.91 Å². The first-order chi connectivity index (χ1) is 2.00. The quantitative estimate of drug-likeness (QED) is 0.387. The zero-order valence-electron chi connectivity index (χ0n) is 7.54. The first kappa shape index (κ1) is 16.0. The maximum Gasteiger partial charge on any atom is 2.00 e. The first-order valence-corrected chi connectivity index (χ1v) is 2.25. The molecule has 0 saturated heterocycles. The Bertz CT molecular complexity index is 71.5. The van der Waals surface area contributed by atoms with Crippen LogP contribution in [-0.2, 0) is 4.57 Å². The van der Waals surface area contributed by atoms with E-state index >= 15 is 0 Å². The molecule has 0 fully saturated rings. The maximum atomic E-state index is 10.4. The number of hydrogen-bond acceptors (Lipinski definition) is 1. The Morgan fingerprint density at radius 2 is 1.57 bits per heavy atom. The minimum absolute atomic E-state index is 0. The molecule has 0 aromatic heterocycles. The molecule has 7 heteroatoms. The van der Waals surface area contributed by atoms with Crippen LogP contribution in [-0.4, -0.2) is 70.6 Å². The van der Waals surface area contributed by atoms with Gasteiger partial charge in [-0.05, 0) is 0 Å². The van der Waals surface area contributed by atoms with Gasteiger partial charge in [0.05, 0.1) is 0 Å². The molecule has 40 valence electrons. The molecule has 0 bridgehead atoms. The van der Waals surface area contributed by atoms with Crippen LogP contribution in [0.4, 0.5) is 4.20 Å². The molecule has 0 spiro atoms. The van der Waals surface area contributed by atoms with Crippen molar-refractivity contribution < 1.29 is 24.3 Å². The summed E-state index contributed by atoms with van der Waals surface area (Å²) in [4.78, 5) is 13.9. The van der Waals surface area contributed by atoms with E-state index in [9.17, 15) is 4.20 Å². The topological polar surface area (TPSA) is 57.5 Å². The molecule has 0 heterocycles. The summed E-state index contributed by atoms with van der Waals surface area (Å²) in [6, 6.07) is 0. The summed E-state index contributed by atoms with van der Waals surface area (Å²) in [5.74, 6) is 0. The Morgan fingerprint density at radius 3 is 1.57 bits per heavy atom. The summed E-state index contributed by atoms with van der Waals surface area (Å²) in [7, 11) is -5.14. The van der Waals surface area contributed by atoms with Gasteiger partial charge in [0.25, 0.3) is 0 Å². The Labute approximate surface area is 92.0 Å². The molecule has 7 heavy (non-hydrogen) atoms. The molecular weight excluding hydrogens is 162 g/mol. The van der Waals surface area contributed by atoms with Gasteiger partial charge < -0.3 is 5.71 Å². The average Bonchev–Trinajstić information content (AvgIpc) is 0.722. The molecule has 3 nitrogen and oxygen atoms in total. The van der Waals surface area contributed by atoms with Gasteiger partial charge in [-0.15, -0.1) is 4.20 Å². The normalized spacial score (nSPS) is 8.43. The van der Waals surface area contributed by atoms with Gasteiger partial charge in [0, 0.05) is 0 Å². The van der Waals surface area contributed by atoms with Crippen molar-refractivity contribution in [3.8, 4) is 0 Å². The van der Waals surface area contributed by atoms with Crippen molar-refractivity contribution >= 4 is 68.7 Å². The zero-order valence-corrected chi connectivity index (χ0v) is 8.06. The molecule has 0 aliphatic carbocycles. The van der Waals surface area contributed by atoms with Crippen LogP contribution in [0.25, 0.3) is 0 Å². The number of hydrogen-bond donors (Lipinski definition) is 2. The standard InChI is InChI=1S/Ca.FH2O3P.Mg.4H/c;1-5(2,3)4;;;;;/h;(H2,2,3,4);;;;;/q+2;;+2;4*-1. The molecule has 0 saturated carbocycles. The summed E-state index contributed by atoms with van der Waals surface area (Å²) in [5.41, 5.74) is 0. The molecule has 0 unspecified atom stereocenters. The summed E-state index contributed by atoms with van der Waals surface area (Å²) in [6.07, 6.45) is 0. The molecular formula is H6CaFMgO3P. The van der Waals surface area contributed by atoms with E-state index in [1.807, 2.05) is 0 Å². The minimum Gasteiger partial charge on any atom is -1.00 e. The Morgan fingerprint density at radius 1 is 1.57 bits per heavy atom. The van der Waals surface area contributed by atoms with Crippen molar-refractivity contribution in [2.24, 2.45) is 0 Å². The van der Waals surface area contributed by atoms with Crippen LogP contribution < -0.4 is 0 Å². The second-order valence-electron chi connectivity index (χ2n) is 0.473. The van der Waals surface area contributed by atoms with Gasteiger partial charge in [0.15, 0.2) is 0 Å². The predicted molar refractivity (Wildman–Crippen MR) is 29.1 cm³/mol. The van der Waals surface area contributed by atoms with Gasteiger partial charge >= 0.3 is 68.7 Å². The predicted octanol–water partition coefficient (Wildman–Crippen LogP) is -0.263. The Kier molecular flexibility index (Phi) is 14.3. The summed E-state index contributed by atoms with van der Waals surface area (Å²) in [6.45, 7) is 0. The van der Waals surface area contributed by atoms with Crippen LogP contribution in [0.2, 0.25) is 0 Å². The monoisotopic (exact) mass is 168 g/mol. The third-order valence-electron chi connectivity index (χ3n) is 0. The molecule has 0 aromatic carbocycles. The molecule has 0 rings (SSSR count). The second-order valence-corrected chi connectivity index (χ2v) is 1.42. The molecule has 0 aliphatic rings. The fourth-order valence-electron chi connectivity index (χ4n) is 0. The Hall–Kier alpha value is 2.11. The molecule has 0 radical (unpaired) electrons. The van der Waals surface area contributed by atoms with Gasteiger partial charge in [0.2, 0.25) is 0 Å². The second kappa shape index (κ2) is 6.23. The largest absolute Gasteiger partial charge is 2.00 e. The zero-order chi connectivity index (χ0) is 4.50. The van der Waals surface area contributed by atoms with Gasteiger partial charge in [0.1, 0.15) is 0 Å². The van der Waals surface area contributed by atoms with Crippen LogP contribution in [0, 0.1) is 0 Å². The van der Waals surface area contributed by atoms with E-state index in [0.29, 0.717) is 0 Å². The third-order valence-corrected chi connectivity index (χ3v) is 0. The first-order valence-electron chi connectivity index (χ1n) is 0.752. The van der Waals surface area contributed by atoms with E-state index in [1.165, 1.54) is 0 Å². The van der Waals surface area contributed by atoms with E-state index in [1.54, 1.807) is 0 Å². The van der Waals surface area contributed by atoms with Crippen molar-refractivity contribution in [3.05, 3.63) is 0 Å². The van der Waals surface area contributed by atoms with Crippen molar-refractivity contribution in [1.29, 1.82) is 0 Å². The smallest absolute Gasteiger partial charge is 1.00 e. The molecule has 0 amide bonds. The van der Waals surface area contributed by atoms with Crippen molar-refractivity contribution in [3.63, 3.8) is 0 Å². The van der Waals surface area contributed by atoms with Gasteiger partial charge in [-0.2, -0.15) is 0 Å². The number of rotatable bonds is 0. The van der Waals surface area contributed by atoms with E-state index in [-0.39, 0.29) is 66.5 Å². The summed E-state index contributed by atoms with van der Waals surface area (Å²) < 4.78 is 19.0. The fourth-order valence-corrected chi connectivity index (χ4v) is 0. The molecule has 0 atom stereocenters. The minimum atomic E-state index is -5.14. The summed E-state index contributed by atoms with van der Waals surface area (Å²) >= 11 is 0. The maximum absolute atomic E-state index is 10.4. The number of halogens is 1. The van der Waals surface area contributed by atoms with Crippen LogP contribution in [0.15, 0.2) is 0 Å². The van der Waals surface area contributed by atoms with Gasteiger partial charge in [-0.3, -0.25) is 9.79 Å². The van der Waals surface area contributed by atoms with Crippen LogP contribution in [0.3, 0.4) is 0 Å². The van der Waals surface area contributed by atoms with Crippen LogP contribution in [0.1, 0.15) is 5.71 Å². The van der Waals surface area contributed by atoms with E-state index in [2.05, 4.69) is 0 Å². The molecule has 2 N–H and O–H groups in total. The molecule has 0 aromatic rings. The molecule has 0 aliphatic heterocycles. The van der Waals surface area contributed by atoms with Gasteiger partial charge in [-0.25, -0.2) is 4.57 Å². The Balaban J connectivity index is -0.00000000533. The fraction of sp³-hybridized carbons (Fsp3) is 0. The van der Waals surface area contributed by atoms with Crippen LogP contribution >= 0.6 is 7.91 Å².